The summed E-state index contributed by atoms with van der Waals surface area (Å²) in [6.07, 6.45) is 1.60. The first-order valence-electron chi connectivity index (χ1n) is 9.89. The van der Waals surface area contributed by atoms with E-state index in [1.807, 2.05) is 0 Å². The summed E-state index contributed by atoms with van der Waals surface area (Å²) in [5, 5.41) is 1.04. The molecule has 0 unspecified atom stereocenters. The SMILES string of the molecule is COc1ccc(C=C2Oc3cc(OCc4c(Cl)cccc4Cl)ccc3C2=O)c(OC)c1OC. The highest BCUT2D eigenvalue weighted by Gasteiger charge is 2.28. The molecule has 0 bridgehead atoms. The highest BCUT2D eigenvalue weighted by Crippen LogP contribution is 2.42. The average molecular weight is 487 g/mol. The number of methoxy groups -OCH3 is 3. The fraction of sp³-hybridized carbons (Fsp3) is 0.160. The molecule has 1 aliphatic rings. The van der Waals surface area contributed by atoms with Gasteiger partial charge in [0.2, 0.25) is 11.5 Å². The van der Waals surface area contributed by atoms with Crippen molar-refractivity contribution in [1.82, 2.24) is 0 Å². The van der Waals surface area contributed by atoms with E-state index in [9.17, 15) is 4.79 Å². The van der Waals surface area contributed by atoms with Gasteiger partial charge in [-0.1, -0.05) is 29.3 Å². The molecule has 6 nitrogen and oxygen atoms in total. The van der Waals surface area contributed by atoms with Crippen LogP contribution in [0.2, 0.25) is 10.0 Å². The number of allylic oxidation sites excluding steroid dienone is 1. The quantitative estimate of drug-likeness (QED) is 0.369. The van der Waals surface area contributed by atoms with Crippen LogP contribution in [0.3, 0.4) is 0 Å². The fourth-order valence-corrected chi connectivity index (χ4v) is 3.97. The molecule has 170 valence electrons. The lowest BCUT2D eigenvalue weighted by Gasteiger charge is -2.14. The summed E-state index contributed by atoms with van der Waals surface area (Å²) in [7, 11) is 4.57. The van der Waals surface area contributed by atoms with E-state index in [1.54, 1.807) is 54.6 Å². The van der Waals surface area contributed by atoms with Crippen LogP contribution < -0.4 is 23.7 Å². The Bertz CT molecular complexity index is 1230. The van der Waals surface area contributed by atoms with Gasteiger partial charge >= 0.3 is 0 Å². The highest BCUT2D eigenvalue weighted by atomic mass is 35.5. The van der Waals surface area contributed by atoms with Gasteiger partial charge in [-0.2, -0.15) is 0 Å². The predicted octanol–water partition coefficient (Wildman–Crippen LogP) is 6.21. The van der Waals surface area contributed by atoms with Gasteiger partial charge in [0.05, 0.1) is 26.9 Å². The van der Waals surface area contributed by atoms with Crippen LogP contribution in [-0.4, -0.2) is 27.1 Å². The molecule has 1 heterocycles. The van der Waals surface area contributed by atoms with Crippen molar-refractivity contribution >= 4 is 35.1 Å². The molecule has 0 saturated carbocycles. The van der Waals surface area contributed by atoms with Crippen LogP contribution in [0.4, 0.5) is 0 Å². The van der Waals surface area contributed by atoms with Gasteiger partial charge in [-0.25, -0.2) is 0 Å². The number of hydrogen-bond acceptors (Lipinski definition) is 6. The third-order valence-corrected chi connectivity index (χ3v) is 5.82. The molecular weight excluding hydrogens is 467 g/mol. The van der Waals surface area contributed by atoms with Crippen LogP contribution in [0.5, 0.6) is 28.7 Å². The minimum absolute atomic E-state index is 0.154. The zero-order valence-corrected chi connectivity index (χ0v) is 19.6. The maximum atomic E-state index is 12.9. The van der Waals surface area contributed by atoms with Crippen molar-refractivity contribution in [3.63, 3.8) is 0 Å². The van der Waals surface area contributed by atoms with Crippen LogP contribution in [0, 0.1) is 0 Å². The second-order valence-corrected chi connectivity index (χ2v) is 7.82. The van der Waals surface area contributed by atoms with Crippen LogP contribution in [0.1, 0.15) is 21.5 Å². The Morgan fingerprint density at radius 3 is 2.30 bits per heavy atom. The van der Waals surface area contributed by atoms with Crippen LogP contribution >= 0.6 is 23.2 Å². The number of benzene rings is 3. The summed E-state index contributed by atoms with van der Waals surface area (Å²) in [6, 6.07) is 13.8. The number of carbonyl (C=O) groups is 1. The molecule has 0 aromatic heterocycles. The molecule has 4 rings (SSSR count). The van der Waals surface area contributed by atoms with E-state index in [0.29, 0.717) is 55.5 Å². The summed E-state index contributed by atoms with van der Waals surface area (Å²) in [4.78, 5) is 12.9. The zero-order valence-electron chi connectivity index (χ0n) is 18.1. The first-order valence-corrected chi connectivity index (χ1v) is 10.6. The molecule has 3 aromatic carbocycles. The lowest BCUT2D eigenvalue weighted by atomic mass is 10.1. The Morgan fingerprint density at radius 1 is 0.909 bits per heavy atom. The minimum Gasteiger partial charge on any atom is -0.493 e. The number of ether oxygens (including phenoxy) is 5. The molecule has 0 radical (unpaired) electrons. The molecule has 0 amide bonds. The van der Waals surface area contributed by atoms with Crippen molar-refractivity contribution in [3.8, 4) is 28.7 Å². The predicted molar refractivity (Wildman–Crippen MR) is 126 cm³/mol. The smallest absolute Gasteiger partial charge is 0.231 e. The molecule has 0 spiro atoms. The lowest BCUT2D eigenvalue weighted by molar-refractivity contribution is 0.101. The van der Waals surface area contributed by atoms with Gasteiger partial charge in [0, 0.05) is 27.2 Å². The standard InChI is InChI=1S/C25H20Cl2O6/c1-29-20-10-7-14(24(30-2)25(20)31-3)11-22-23(28)16-9-8-15(12-21(16)33-22)32-13-17-18(26)5-4-6-19(17)27/h4-12H,13H2,1-3H3. The van der Waals surface area contributed by atoms with Crippen molar-refractivity contribution in [2.24, 2.45) is 0 Å². The van der Waals surface area contributed by atoms with Gasteiger partial charge in [-0.05, 0) is 42.5 Å². The molecule has 0 aliphatic carbocycles. The van der Waals surface area contributed by atoms with E-state index in [-0.39, 0.29) is 18.1 Å². The van der Waals surface area contributed by atoms with Crippen molar-refractivity contribution in [1.29, 1.82) is 0 Å². The minimum atomic E-state index is -0.248. The fourth-order valence-electron chi connectivity index (χ4n) is 3.46. The van der Waals surface area contributed by atoms with Gasteiger partial charge in [0.15, 0.2) is 17.3 Å². The summed E-state index contributed by atoms with van der Waals surface area (Å²) >= 11 is 12.4. The van der Waals surface area contributed by atoms with Gasteiger partial charge in [-0.15, -0.1) is 0 Å². The first-order chi connectivity index (χ1) is 16.0. The van der Waals surface area contributed by atoms with E-state index in [2.05, 4.69) is 0 Å². The third kappa shape index (κ3) is 4.45. The maximum absolute atomic E-state index is 12.9. The summed E-state index contributed by atoms with van der Waals surface area (Å²) < 4.78 is 27.9. The van der Waals surface area contributed by atoms with Gasteiger partial charge in [0.1, 0.15) is 18.1 Å². The van der Waals surface area contributed by atoms with Crippen molar-refractivity contribution in [3.05, 3.63) is 81.0 Å². The molecular formula is C25H20Cl2O6. The second kappa shape index (κ2) is 9.65. The average Bonchev–Trinajstić information content (AvgIpc) is 3.12. The maximum Gasteiger partial charge on any atom is 0.231 e. The first kappa shape index (κ1) is 22.8. The molecule has 8 heteroatoms. The topological polar surface area (TPSA) is 63.2 Å². The van der Waals surface area contributed by atoms with Crippen LogP contribution in [0.15, 0.2) is 54.3 Å². The molecule has 33 heavy (non-hydrogen) atoms. The van der Waals surface area contributed by atoms with E-state index < -0.39 is 0 Å². The molecule has 0 saturated heterocycles. The molecule has 0 N–H and O–H groups in total. The number of ketones is 1. The number of Topliss-reactive ketones (excluding diaryl/α,β-unsaturated/α-hetero) is 1. The van der Waals surface area contributed by atoms with Crippen LogP contribution in [0.25, 0.3) is 6.08 Å². The summed E-state index contributed by atoms with van der Waals surface area (Å²) in [5.41, 5.74) is 1.72. The van der Waals surface area contributed by atoms with Gasteiger partial charge < -0.3 is 23.7 Å². The van der Waals surface area contributed by atoms with E-state index in [0.717, 1.165) is 0 Å². The number of halogens is 2. The number of hydrogen-bond donors (Lipinski definition) is 0. The molecule has 1 aliphatic heterocycles. The Hall–Kier alpha value is -3.35. The summed E-state index contributed by atoms with van der Waals surface area (Å²) in [6.45, 7) is 0.177. The highest BCUT2D eigenvalue weighted by molar-refractivity contribution is 6.35. The van der Waals surface area contributed by atoms with Gasteiger partial charge in [-0.3, -0.25) is 4.79 Å². The normalized spacial score (nSPS) is 13.5. The van der Waals surface area contributed by atoms with Crippen molar-refractivity contribution < 1.29 is 28.5 Å². The number of fused-ring (bicyclic) bond motifs is 1. The Labute approximate surface area is 201 Å². The third-order valence-electron chi connectivity index (χ3n) is 5.11. The Kier molecular flexibility index (Phi) is 6.67. The molecule has 3 aromatic rings. The van der Waals surface area contributed by atoms with Gasteiger partial charge in [0.25, 0.3) is 0 Å². The number of carbonyl (C=O) groups excluding carboxylic acids is 1. The number of rotatable bonds is 7. The van der Waals surface area contributed by atoms with Crippen LogP contribution in [-0.2, 0) is 6.61 Å². The summed E-state index contributed by atoms with van der Waals surface area (Å²) in [5.74, 6) is 2.18. The Balaban J connectivity index is 1.59. The van der Waals surface area contributed by atoms with Crippen molar-refractivity contribution in [2.75, 3.05) is 21.3 Å². The lowest BCUT2D eigenvalue weighted by Crippen LogP contribution is -2.00. The second-order valence-electron chi connectivity index (χ2n) is 7.01. The zero-order chi connectivity index (χ0) is 23.5. The molecule has 0 atom stereocenters. The van der Waals surface area contributed by atoms with E-state index >= 15 is 0 Å². The molecule has 0 fully saturated rings. The van der Waals surface area contributed by atoms with E-state index in [4.69, 9.17) is 46.9 Å². The Morgan fingerprint density at radius 2 is 1.64 bits per heavy atom. The van der Waals surface area contributed by atoms with E-state index in [1.165, 1.54) is 21.3 Å². The van der Waals surface area contributed by atoms with Crippen molar-refractivity contribution in [2.45, 2.75) is 6.61 Å². The largest absolute Gasteiger partial charge is 0.493 e. The monoisotopic (exact) mass is 486 g/mol.